The van der Waals surface area contributed by atoms with E-state index < -0.39 is 0 Å². The van der Waals surface area contributed by atoms with Crippen molar-refractivity contribution in [3.8, 4) is 11.3 Å². The summed E-state index contributed by atoms with van der Waals surface area (Å²) in [6.07, 6.45) is 11.7. The second kappa shape index (κ2) is 10.5. The van der Waals surface area contributed by atoms with Gasteiger partial charge in [0.15, 0.2) is 5.69 Å². The first-order chi connectivity index (χ1) is 19.2. The first-order valence-electron chi connectivity index (χ1n) is 13.9. The van der Waals surface area contributed by atoms with Gasteiger partial charge in [0, 0.05) is 44.1 Å². The summed E-state index contributed by atoms with van der Waals surface area (Å²) in [5, 5.41) is 19.0. The second-order valence-electron chi connectivity index (χ2n) is 11.8. The fraction of sp³-hybridized carbons (Fsp3) is 0.448. The van der Waals surface area contributed by atoms with Crippen molar-refractivity contribution >= 4 is 17.5 Å². The van der Waals surface area contributed by atoms with Crippen LogP contribution in [0.15, 0.2) is 49.1 Å². The molecule has 1 fully saturated rings. The van der Waals surface area contributed by atoms with Crippen molar-refractivity contribution < 1.29 is 4.79 Å². The highest BCUT2D eigenvalue weighted by Gasteiger charge is 2.31. The number of amides is 1. The molecule has 1 saturated carbocycles. The molecule has 11 nitrogen and oxygen atoms in total. The summed E-state index contributed by atoms with van der Waals surface area (Å²) >= 11 is 0. The Bertz CT molecular complexity index is 1510. The number of rotatable bonds is 6. The molecule has 4 aromatic rings. The Balaban J connectivity index is 1.28. The number of carbonyl (C=O) groups excluding carboxylic acids is 1. The Kier molecular flexibility index (Phi) is 6.83. The molecule has 1 atom stereocenters. The lowest BCUT2D eigenvalue weighted by Crippen LogP contribution is -2.40. The van der Waals surface area contributed by atoms with Crippen LogP contribution in [0.1, 0.15) is 74.1 Å². The van der Waals surface area contributed by atoms with Crippen LogP contribution in [0.25, 0.3) is 11.3 Å². The van der Waals surface area contributed by atoms with Crippen molar-refractivity contribution in [1.82, 2.24) is 45.0 Å². The number of hydrogen-bond acceptors (Lipinski definition) is 8. The lowest BCUT2D eigenvalue weighted by molar-refractivity contribution is 0.0917. The van der Waals surface area contributed by atoms with E-state index >= 15 is 0 Å². The molecule has 0 spiro atoms. The average Bonchev–Trinajstić information content (AvgIpc) is 3.51. The molecule has 6 rings (SSSR count). The second-order valence-corrected chi connectivity index (χ2v) is 11.8. The maximum absolute atomic E-state index is 13.3. The summed E-state index contributed by atoms with van der Waals surface area (Å²) in [4.78, 5) is 25.0. The number of carbonyl (C=O) groups is 1. The van der Waals surface area contributed by atoms with Gasteiger partial charge in [-0.3, -0.25) is 14.4 Å². The Hall–Kier alpha value is -4.12. The molecule has 0 saturated heterocycles. The zero-order valence-corrected chi connectivity index (χ0v) is 23.5. The number of nitrogens with zero attached hydrogens (tertiary/aromatic N) is 8. The SMILES string of the molecule is Cn1cc(Nc2nccc(-c3ccc4c(c3)CN(C3CCC3)CCC4NC(=O)c3cn(C(C)(C)C)nn3)n2)cn1. The van der Waals surface area contributed by atoms with Gasteiger partial charge in [-0.15, -0.1) is 5.10 Å². The minimum absolute atomic E-state index is 0.116. The first-order valence-corrected chi connectivity index (χ1v) is 13.9. The smallest absolute Gasteiger partial charge is 0.273 e. The van der Waals surface area contributed by atoms with Gasteiger partial charge in [0.2, 0.25) is 5.95 Å². The predicted molar refractivity (Wildman–Crippen MR) is 152 cm³/mol. The summed E-state index contributed by atoms with van der Waals surface area (Å²) < 4.78 is 3.46. The molecule has 208 valence electrons. The molecule has 4 heterocycles. The van der Waals surface area contributed by atoms with Gasteiger partial charge in [0.05, 0.1) is 35.4 Å². The molecular weight excluding hydrogens is 504 g/mol. The van der Waals surface area contributed by atoms with E-state index in [1.807, 2.05) is 40.1 Å². The number of fused-ring (bicyclic) bond motifs is 1. The Morgan fingerprint density at radius 3 is 2.65 bits per heavy atom. The van der Waals surface area contributed by atoms with Crippen molar-refractivity contribution in [3.63, 3.8) is 0 Å². The van der Waals surface area contributed by atoms with E-state index in [9.17, 15) is 4.79 Å². The molecule has 1 aliphatic heterocycles. The van der Waals surface area contributed by atoms with Crippen LogP contribution >= 0.6 is 0 Å². The Morgan fingerprint density at radius 1 is 1.10 bits per heavy atom. The molecule has 3 aromatic heterocycles. The topological polar surface area (TPSA) is 119 Å². The lowest BCUT2D eigenvalue weighted by Gasteiger charge is -2.37. The largest absolute Gasteiger partial charge is 0.344 e. The maximum Gasteiger partial charge on any atom is 0.273 e. The third kappa shape index (κ3) is 5.46. The summed E-state index contributed by atoms with van der Waals surface area (Å²) in [6, 6.07) is 8.86. The molecule has 1 aliphatic carbocycles. The van der Waals surface area contributed by atoms with Gasteiger partial charge in [0.25, 0.3) is 5.91 Å². The Morgan fingerprint density at radius 2 is 1.95 bits per heavy atom. The highest BCUT2D eigenvalue weighted by atomic mass is 16.2. The number of anilines is 2. The van der Waals surface area contributed by atoms with E-state index in [4.69, 9.17) is 4.98 Å². The predicted octanol–water partition coefficient (Wildman–Crippen LogP) is 4.20. The van der Waals surface area contributed by atoms with Crippen LogP contribution in [0.3, 0.4) is 0 Å². The van der Waals surface area contributed by atoms with Gasteiger partial charge in [-0.1, -0.05) is 23.8 Å². The standard InChI is InChI=1S/C29H36N10O/c1-29(2,3)39-18-26(35-36-39)27(40)33-25-11-13-38(22-6-5-7-22)16-20-14-19(8-9-23(20)25)24-10-12-30-28(34-24)32-21-15-31-37(4)17-21/h8-10,12,14-15,17-18,22,25H,5-7,11,13,16H2,1-4H3,(H,33,40)(H,30,32,34). The summed E-state index contributed by atoms with van der Waals surface area (Å²) in [6.45, 7) is 7.89. The number of hydrogen-bond donors (Lipinski definition) is 2. The monoisotopic (exact) mass is 540 g/mol. The molecule has 2 N–H and O–H groups in total. The van der Waals surface area contributed by atoms with Crippen molar-refractivity contribution in [2.75, 3.05) is 11.9 Å². The molecule has 0 radical (unpaired) electrons. The van der Waals surface area contributed by atoms with Gasteiger partial charge in [-0.2, -0.15) is 5.10 Å². The lowest BCUT2D eigenvalue weighted by atomic mass is 9.91. The van der Waals surface area contributed by atoms with Gasteiger partial charge in [-0.05, 0) is 63.3 Å². The molecular formula is C29H36N10O. The number of benzene rings is 1. The van der Waals surface area contributed by atoms with Gasteiger partial charge < -0.3 is 10.6 Å². The highest BCUT2D eigenvalue weighted by molar-refractivity contribution is 5.92. The van der Waals surface area contributed by atoms with E-state index in [1.165, 1.54) is 24.8 Å². The van der Waals surface area contributed by atoms with Crippen molar-refractivity contribution in [2.45, 2.75) is 70.6 Å². The maximum atomic E-state index is 13.3. The summed E-state index contributed by atoms with van der Waals surface area (Å²) in [7, 11) is 1.87. The molecule has 11 heteroatoms. The fourth-order valence-electron chi connectivity index (χ4n) is 5.33. The van der Waals surface area contributed by atoms with Crippen LogP contribution in [-0.2, 0) is 19.1 Å². The average molecular weight is 541 g/mol. The number of aryl methyl sites for hydroxylation is 1. The molecule has 1 amide bonds. The normalized spacial score (nSPS) is 18.1. The Labute approximate surface area is 234 Å². The molecule has 0 bridgehead atoms. The molecule has 2 aliphatic rings. The van der Waals surface area contributed by atoms with Crippen LogP contribution in [-0.4, -0.2) is 58.1 Å². The molecule has 40 heavy (non-hydrogen) atoms. The van der Waals surface area contributed by atoms with Crippen LogP contribution in [0.4, 0.5) is 11.6 Å². The fourth-order valence-corrected chi connectivity index (χ4v) is 5.33. The van der Waals surface area contributed by atoms with Crippen LogP contribution in [0, 0.1) is 0 Å². The zero-order chi connectivity index (χ0) is 27.9. The van der Waals surface area contributed by atoms with E-state index in [2.05, 4.69) is 54.1 Å². The first kappa shape index (κ1) is 26.1. The van der Waals surface area contributed by atoms with Crippen LogP contribution in [0.5, 0.6) is 0 Å². The van der Waals surface area contributed by atoms with E-state index in [-0.39, 0.29) is 17.5 Å². The minimum Gasteiger partial charge on any atom is -0.344 e. The summed E-state index contributed by atoms with van der Waals surface area (Å²) in [5.41, 5.74) is 5.14. The van der Waals surface area contributed by atoms with Crippen molar-refractivity contribution in [2.24, 2.45) is 7.05 Å². The van der Waals surface area contributed by atoms with Crippen molar-refractivity contribution in [1.29, 1.82) is 0 Å². The van der Waals surface area contributed by atoms with Gasteiger partial charge in [-0.25, -0.2) is 14.6 Å². The van der Waals surface area contributed by atoms with Crippen LogP contribution < -0.4 is 10.6 Å². The van der Waals surface area contributed by atoms with Crippen molar-refractivity contribution in [3.05, 3.63) is 65.9 Å². The number of aromatic nitrogens is 7. The van der Waals surface area contributed by atoms with E-state index in [1.54, 1.807) is 28.0 Å². The minimum atomic E-state index is -0.242. The summed E-state index contributed by atoms with van der Waals surface area (Å²) in [5.74, 6) is 0.319. The third-order valence-electron chi connectivity index (χ3n) is 7.82. The van der Waals surface area contributed by atoms with Crippen LogP contribution in [0.2, 0.25) is 0 Å². The third-order valence-corrected chi connectivity index (χ3v) is 7.82. The van der Waals surface area contributed by atoms with Gasteiger partial charge >= 0.3 is 0 Å². The quantitative estimate of drug-likeness (QED) is 0.374. The zero-order valence-electron chi connectivity index (χ0n) is 23.5. The van der Waals surface area contributed by atoms with E-state index in [0.717, 1.165) is 42.0 Å². The molecule has 1 aromatic carbocycles. The highest BCUT2D eigenvalue weighted by Crippen LogP contribution is 2.35. The van der Waals surface area contributed by atoms with Gasteiger partial charge in [0.1, 0.15) is 0 Å². The number of nitrogens with one attached hydrogen (secondary N) is 2. The molecule has 1 unspecified atom stereocenters. The van der Waals surface area contributed by atoms with E-state index in [0.29, 0.717) is 17.7 Å².